The van der Waals surface area contributed by atoms with E-state index < -0.39 is 12.0 Å². The average molecular weight is 454 g/mol. The van der Waals surface area contributed by atoms with E-state index in [4.69, 9.17) is 4.74 Å². The van der Waals surface area contributed by atoms with Crippen molar-refractivity contribution < 1.29 is 23.5 Å². The summed E-state index contributed by atoms with van der Waals surface area (Å²) in [6.07, 6.45) is 6.57. The van der Waals surface area contributed by atoms with Gasteiger partial charge in [0.2, 0.25) is 0 Å². The van der Waals surface area contributed by atoms with Gasteiger partial charge in [-0.2, -0.15) is 0 Å². The van der Waals surface area contributed by atoms with Gasteiger partial charge in [-0.1, -0.05) is 26.2 Å². The molecule has 0 bridgehead atoms. The fraction of sp³-hybridized carbons (Fsp3) is 0.682. The van der Waals surface area contributed by atoms with Gasteiger partial charge in [0.05, 0.1) is 19.2 Å². The molecule has 1 saturated carbocycles. The first-order chi connectivity index (χ1) is 15.0. The Morgan fingerprint density at radius 3 is 2.74 bits per heavy atom. The largest absolute Gasteiger partial charge is 0.508 e. The van der Waals surface area contributed by atoms with Crippen LogP contribution >= 0.6 is 11.8 Å². The van der Waals surface area contributed by atoms with Crippen molar-refractivity contribution in [1.29, 1.82) is 0 Å². The molecule has 0 aromatic carbocycles. The van der Waals surface area contributed by atoms with Crippen LogP contribution in [0, 0.1) is 5.82 Å². The van der Waals surface area contributed by atoms with Crippen LogP contribution < -0.4 is 10.2 Å². The Balaban J connectivity index is 1.79. The number of carbonyl (C=O) groups is 2. The third kappa shape index (κ3) is 6.48. The molecule has 7 nitrogen and oxygen atoms in total. The lowest BCUT2D eigenvalue weighted by Gasteiger charge is -2.33. The lowest BCUT2D eigenvalue weighted by molar-refractivity contribution is 0.0317. The predicted molar refractivity (Wildman–Crippen MR) is 118 cm³/mol. The van der Waals surface area contributed by atoms with E-state index in [2.05, 4.69) is 22.0 Å². The summed E-state index contributed by atoms with van der Waals surface area (Å²) in [6.45, 7) is 3.00. The van der Waals surface area contributed by atoms with E-state index in [0.717, 1.165) is 44.3 Å². The van der Waals surface area contributed by atoms with Crippen LogP contribution in [0.15, 0.2) is 11.1 Å². The second-order valence-electron chi connectivity index (χ2n) is 8.09. The number of halogens is 1. The third-order valence-electron chi connectivity index (χ3n) is 5.66. The van der Waals surface area contributed by atoms with E-state index in [1.807, 2.05) is 0 Å². The Kier molecular flexibility index (Phi) is 8.80. The minimum Gasteiger partial charge on any atom is -0.438 e. The summed E-state index contributed by atoms with van der Waals surface area (Å²) >= 11 is 1.47. The first-order valence-electron chi connectivity index (χ1n) is 11.2. The standard InChI is InChI=1S/C22H32FN3O4S/c1-3-12-31-21-17(20(27)24-15-8-5-4-6-9-15)13-18(23)19(25-21)26-11-7-10-16(14-26)30-22(28)29-2/h13,15-16H,3-12,14H2,1-2H3,(H,24,27)/t16-/m1/s1. The lowest BCUT2D eigenvalue weighted by atomic mass is 9.95. The topological polar surface area (TPSA) is 80.8 Å². The Morgan fingerprint density at radius 1 is 1.26 bits per heavy atom. The normalized spacial score (nSPS) is 19.7. The van der Waals surface area contributed by atoms with Crippen molar-refractivity contribution >= 4 is 29.6 Å². The molecule has 2 fully saturated rings. The molecule has 1 saturated heterocycles. The number of methoxy groups -OCH3 is 1. The SMILES string of the molecule is CCCSc1nc(N2CCC[C@@H](OC(=O)OC)C2)c(F)cc1C(=O)NC1CCCCC1. The summed E-state index contributed by atoms with van der Waals surface area (Å²) in [6, 6.07) is 1.45. The number of pyridine rings is 1. The quantitative estimate of drug-likeness (QED) is 0.480. The monoisotopic (exact) mass is 453 g/mol. The predicted octanol–water partition coefficient (Wildman–Crippen LogP) is 4.54. The molecule has 1 N–H and O–H groups in total. The first-order valence-corrected chi connectivity index (χ1v) is 12.1. The summed E-state index contributed by atoms with van der Waals surface area (Å²) in [7, 11) is 1.26. The molecule has 1 aromatic rings. The number of hydrogen-bond acceptors (Lipinski definition) is 7. The number of rotatable bonds is 7. The molecule has 1 aromatic heterocycles. The maximum atomic E-state index is 15.1. The number of amides is 1. The lowest BCUT2D eigenvalue weighted by Crippen LogP contribution is -2.41. The highest BCUT2D eigenvalue weighted by molar-refractivity contribution is 7.99. The van der Waals surface area contributed by atoms with E-state index in [-0.39, 0.29) is 23.9 Å². The van der Waals surface area contributed by atoms with Crippen molar-refractivity contribution in [3.05, 3.63) is 17.4 Å². The Morgan fingerprint density at radius 2 is 2.03 bits per heavy atom. The van der Waals surface area contributed by atoms with Gasteiger partial charge in [0.25, 0.3) is 5.91 Å². The molecule has 9 heteroatoms. The summed E-state index contributed by atoms with van der Waals surface area (Å²) in [5, 5.41) is 3.61. The number of hydrogen-bond donors (Lipinski definition) is 1. The number of anilines is 1. The highest BCUT2D eigenvalue weighted by Gasteiger charge is 2.28. The fourth-order valence-corrected chi connectivity index (χ4v) is 4.93. The molecule has 0 unspecified atom stereocenters. The van der Waals surface area contributed by atoms with E-state index in [1.165, 1.54) is 31.4 Å². The van der Waals surface area contributed by atoms with Gasteiger partial charge < -0.3 is 19.7 Å². The van der Waals surface area contributed by atoms with Gasteiger partial charge in [-0.25, -0.2) is 14.2 Å². The maximum absolute atomic E-state index is 15.1. The number of nitrogens with zero attached hydrogens (tertiary/aromatic N) is 2. The fourth-order valence-electron chi connectivity index (χ4n) is 4.08. The summed E-state index contributed by atoms with van der Waals surface area (Å²) in [5.41, 5.74) is 0.296. The van der Waals surface area contributed by atoms with Crippen LogP contribution in [0.25, 0.3) is 0 Å². The van der Waals surface area contributed by atoms with Crippen LogP contribution in [0.4, 0.5) is 15.0 Å². The van der Waals surface area contributed by atoms with Crippen molar-refractivity contribution in [1.82, 2.24) is 10.3 Å². The molecule has 1 atom stereocenters. The van der Waals surface area contributed by atoms with Crippen molar-refractivity contribution in [3.63, 3.8) is 0 Å². The second kappa shape index (κ2) is 11.5. The molecule has 0 radical (unpaired) electrons. The van der Waals surface area contributed by atoms with Gasteiger partial charge in [-0.15, -0.1) is 11.8 Å². The zero-order valence-corrected chi connectivity index (χ0v) is 19.1. The van der Waals surface area contributed by atoms with Crippen LogP contribution in [0.2, 0.25) is 0 Å². The number of thioether (sulfide) groups is 1. The summed E-state index contributed by atoms with van der Waals surface area (Å²) < 4.78 is 24.9. The zero-order chi connectivity index (χ0) is 22.2. The molecule has 1 aliphatic carbocycles. The Bertz CT molecular complexity index is 773. The molecule has 1 amide bonds. The minimum atomic E-state index is -0.741. The minimum absolute atomic E-state index is 0.145. The Labute approximate surface area is 187 Å². The van der Waals surface area contributed by atoms with Crippen LogP contribution in [-0.4, -0.2) is 55.1 Å². The number of aromatic nitrogens is 1. The molecule has 2 aliphatic rings. The molecular formula is C22H32FN3O4S. The van der Waals surface area contributed by atoms with Gasteiger partial charge in [-0.05, 0) is 43.9 Å². The van der Waals surface area contributed by atoms with Gasteiger partial charge in [-0.3, -0.25) is 4.79 Å². The van der Waals surface area contributed by atoms with Crippen LogP contribution in [0.3, 0.4) is 0 Å². The molecule has 31 heavy (non-hydrogen) atoms. The number of piperidine rings is 1. The Hall–Kier alpha value is -2.03. The number of carbonyl (C=O) groups excluding carboxylic acids is 2. The average Bonchev–Trinajstić information content (AvgIpc) is 2.78. The summed E-state index contributed by atoms with van der Waals surface area (Å²) in [4.78, 5) is 30.7. The molecule has 172 valence electrons. The van der Waals surface area contributed by atoms with Crippen molar-refractivity contribution in [2.24, 2.45) is 0 Å². The van der Waals surface area contributed by atoms with Gasteiger partial charge >= 0.3 is 6.16 Å². The van der Waals surface area contributed by atoms with E-state index in [0.29, 0.717) is 30.1 Å². The van der Waals surface area contributed by atoms with E-state index in [1.54, 1.807) is 4.90 Å². The van der Waals surface area contributed by atoms with Crippen LogP contribution in [0.1, 0.15) is 68.6 Å². The molecule has 0 spiro atoms. The van der Waals surface area contributed by atoms with Gasteiger partial charge in [0.15, 0.2) is 11.6 Å². The zero-order valence-electron chi connectivity index (χ0n) is 18.3. The van der Waals surface area contributed by atoms with Gasteiger partial charge in [0.1, 0.15) is 11.1 Å². The third-order valence-corrected chi connectivity index (χ3v) is 6.85. The van der Waals surface area contributed by atoms with E-state index in [9.17, 15) is 9.59 Å². The molecule has 2 heterocycles. The van der Waals surface area contributed by atoms with Crippen molar-refractivity contribution in [2.45, 2.75) is 75.5 Å². The van der Waals surface area contributed by atoms with Crippen LogP contribution in [0.5, 0.6) is 0 Å². The highest BCUT2D eigenvalue weighted by Crippen LogP contribution is 2.30. The molecule has 1 aliphatic heterocycles. The van der Waals surface area contributed by atoms with Crippen LogP contribution in [-0.2, 0) is 9.47 Å². The second-order valence-corrected chi connectivity index (χ2v) is 9.17. The smallest absolute Gasteiger partial charge is 0.438 e. The van der Waals surface area contributed by atoms with Crippen molar-refractivity contribution in [2.75, 3.05) is 30.9 Å². The van der Waals surface area contributed by atoms with Gasteiger partial charge in [0, 0.05) is 12.6 Å². The molecule has 3 rings (SSSR count). The van der Waals surface area contributed by atoms with E-state index >= 15 is 4.39 Å². The highest BCUT2D eigenvalue weighted by atomic mass is 32.2. The first kappa shape index (κ1) is 23.6. The number of nitrogens with one attached hydrogen (secondary N) is 1. The maximum Gasteiger partial charge on any atom is 0.508 e. The number of ether oxygens (including phenoxy) is 2. The van der Waals surface area contributed by atoms with Crippen molar-refractivity contribution in [3.8, 4) is 0 Å². The summed E-state index contributed by atoms with van der Waals surface area (Å²) in [5.74, 6) is 0.198. The molecular weight excluding hydrogens is 421 g/mol.